The molecular formula is C5H18OSi3. The lowest BCUT2D eigenvalue weighted by molar-refractivity contribution is 0.375. The standard InChI is InChI=1S/C3H10Si2.C2H8OSi/c1-3(2)5-4;1-2-3-4/h1,5H2,2,4H3;2H2,1,4H3. The van der Waals surface area contributed by atoms with Gasteiger partial charge in [0.05, 0.1) is 0 Å². The zero-order chi connectivity index (χ0) is 7.70. The van der Waals surface area contributed by atoms with E-state index in [9.17, 15) is 0 Å². The highest BCUT2D eigenvalue weighted by Gasteiger charge is 1.69. The third-order valence-corrected chi connectivity index (χ3v) is 6.30. The molecule has 0 fully saturated rings. The molecule has 0 bridgehead atoms. The van der Waals surface area contributed by atoms with Crippen LogP contribution in [0.5, 0.6) is 0 Å². The Bertz CT molecular complexity index is 63.2. The smallest absolute Gasteiger partial charge is 0.145 e. The molecule has 0 unspecified atom stereocenters. The van der Waals surface area contributed by atoms with E-state index in [4.69, 9.17) is 0 Å². The average molecular weight is 178 g/mol. The van der Waals surface area contributed by atoms with Crippen molar-refractivity contribution in [3.8, 4) is 0 Å². The van der Waals surface area contributed by atoms with E-state index in [0.717, 1.165) is 17.1 Å². The second-order valence-corrected chi connectivity index (χ2v) is 6.50. The summed E-state index contributed by atoms with van der Waals surface area (Å²) < 4.78 is 4.68. The highest BCUT2D eigenvalue weighted by molar-refractivity contribution is 6.93. The number of hydrogen-bond acceptors (Lipinski definition) is 1. The first-order chi connectivity index (χ1) is 4.18. The first-order valence-electron chi connectivity index (χ1n) is 3.32. The third-order valence-electron chi connectivity index (χ3n) is 0.892. The lowest BCUT2D eigenvalue weighted by atomic mass is 10.8. The summed E-state index contributed by atoms with van der Waals surface area (Å²) in [5, 5.41) is 1.46. The second-order valence-electron chi connectivity index (χ2n) is 1.89. The Kier molecular flexibility index (Phi) is 15.0. The Balaban J connectivity index is 0. The van der Waals surface area contributed by atoms with Crippen molar-refractivity contribution in [2.45, 2.75) is 13.8 Å². The molecule has 0 amide bonds. The Morgan fingerprint density at radius 1 is 1.78 bits per heavy atom. The van der Waals surface area contributed by atoms with Crippen LogP contribution >= 0.6 is 0 Å². The molecule has 0 aromatic heterocycles. The van der Waals surface area contributed by atoms with Gasteiger partial charge >= 0.3 is 0 Å². The maximum Gasteiger partial charge on any atom is 0.145 e. The molecule has 9 heavy (non-hydrogen) atoms. The molecule has 0 N–H and O–H groups in total. The summed E-state index contributed by atoms with van der Waals surface area (Å²) in [6.45, 7) is 8.77. The second kappa shape index (κ2) is 11.2. The molecule has 0 atom stereocenters. The van der Waals surface area contributed by atoms with E-state index in [1.54, 1.807) is 0 Å². The van der Waals surface area contributed by atoms with Crippen molar-refractivity contribution in [1.29, 1.82) is 0 Å². The summed E-state index contributed by atoms with van der Waals surface area (Å²) in [4.78, 5) is 0. The first kappa shape index (κ1) is 12.1. The van der Waals surface area contributed by atoms with Crippen LogP contribution in [0.25, 0.3) is 0 Å². The van der Waals surface area contributed by atoms with Crippen molar-refractivity contribution in [3.05, 3.63) is 11.8 Å². The minimum atomic E-state index is 0.293. The predicted octanol–water partition coefficient (Wildman–Crippen LogP) is -1.73. The van der Waals surface area contributed by atoms with Gasteiger partial charge in [0.25, 0.3) is 0 Å². The van der Waals surface area contributed by atoms with Crippen LogP contribution < -0.4 is 0 Å². The van der Waals surface area contributed by atoms with Crippen molar-refractivity contribution in [2.24, 2.45) is 0 Å². The van der Waals surface area contributed by atoms with E-state index < -0.39 is 0 Å². The Hall–Kier alpha value is 0.351. The molecule has 0 rings (SSSR count). The maximum atomic E-state index is 4.68. The van der Waals surface area contributed by atoms with Gasteiger partial charge in [-0.1, -0.05) is 0 Å². The summed E-state index contributed by atoms with van der Waals surface area (Å²) in [5.41, 5.74) is 0. The van der Waals surface area contributed by atoms with E-state index in [1.165, 1.54) is 15.0 Å². The summed E-state index contributed by atoms with van der Waals surface area (Å²) in [6.07, 6.45) is 0. The number of rotatable bonds is 2. The zero-order valence-electron chi connectivity index (χ0n) is 7.03. The van der Waals surface area contributed by atoms with Crippen molar-refractivity contribution in [1.82, 2.24) is 0 Å². The van der Waals surface area contributed by atoms with Crippen molar-refractivity contribution in [2.75, 3.05) is 6.61 Å². The lowest BCUT2D eigenvalue weighted by Gasteiger charge is -1.78. The van der Waals surface area contributed by atoms with Gasteiger partial charge in [-0.2, -0.15) is 0 Å². The molecule has 0 aliphatic heterocycles. The van der Waals surface area contributed by atoms with Crippen LogP contribution in [0.4, 0.5) is 0 Å². The van der Waals surface area contributed by atoms with Gasteiger partial charge in [-0.15, -0.1) is 11.8 Å². The minimum Gasteiger partial charge on any atom is -0.428 e. The fourth-order valence-electron chi connectivity index (χ4n) is 0. The van der Waals surface area contributed by atoms with E-state index in [1.807, 2.05) is 6.92 Å². The molecule has 0 saturated heterocycles. The third kappa shape index (κ3) is 30.0. The van der Waals surface area contributed by atoms with Crippen LogP contribution in [-0.2, 0) is 4.43 Å². The molecule has 0 heterocycles. The SMILES string of the molecule is C=C(C)[SiH2][SiH3].CCO[SiH3]. The fourth-order valence-corrected chi connectivity index (χ4v) is 0. The molecule has 0 radical (unpaired) electrons. The molecule has 0 aliphatic carbocycles. The Morgan fingerprint density at radius 2 is 2.00 bits per heavy atom. The average Bonchev–Trinajstić information content (AvgIpc) is 1.89. The normalized spacial score (nSPS) is 9.56. The monoisotopic (exact) mass is 178 g/mol. The van der Waals surface area contributed by atoms with Crippen molar-refractivity contribution in [3.63, 3.8) is 0 Å². The van der Waals surface area contributed by atoms with Crippen LogP contribution in [0.2, 0.25) is 0 Å². The summed E-state index contributed by atoms with van der Waals surface area (Å²) in [5.74, 6) is 0. The zero-order valence-corrected chi connectivity index (χ0v) is 12.4. The van der Waals surface area contributed by atoms with Crippen LogP contribution in [0.3, 0.4) is 0 Å². The molecule has 4 heteroatoms. The molecular weight excluding hydrogens is 160 g/mol. The summed E-state index contributed by atoms with van der Waals surface area (Å²) >= 11 is 0. The lowest BCUT2D eigenvalue weighted by Crippen LogP contribution is -1.85. The largest absolute Gasteiger partial charge is 0.428 e. The maximum absolute atomic E-state index is 4.68. The van der Waals surface area contributed by atoms with E-state index in [0.29, 0.717) is 9.04 Å². The molecule has 0 aromatic carbocycles. The van der Waals surface area contributed by atoms with Gasteiger partial charge in [0, 0.05) is 15.6 Å². The molecule has 0 aliphatic rings. The highest BCUT2D eigenvalue weighted by atomic mass is 29.1. The Labute approximate surface area is 66.5 Å². The van der Waals surface area contributed by atoms with Gasteiger partial charge in [-0.25, -0.2) is 0 Å². The molecule has 1 nitrogen and oxygen atoms in total. The van der Waals surface area contributed by atoms with Gasteiger partial charge < -0.3 is 4.43 Å². The molecule has 0 aromatic rings. The molecule has 0 spiro atoms. The Morgan fingerprint density at radius 3 is 2.00 bits per heavy atom. The quantitative estimate of drug-likeness (QED) is 0.457. The minimum absolute atomic E-state index is 0.293. The van der Waals surface area contributed by atoms with Crippen LogP contribution in [0, 0.1) is 0 Å². The van der Waals surface area contributed by atoms with Crippen LogP contribution in [-0.4, -0.2) is 35.9 Å². The number of allylic oxidation sites excluding steroid dienone is 1. The van der Waals surface area contributed by atoms with E-state index in [-0.39, 0.29) is 0 Å². The van der Waals surface area contributed by atoms with E-state index >= 15 is 0 Å². The predicted molar refractivity (Wildman–Crippen MR) is 54.9 cm³/mol. The molecule has 0 saturated carbocycles. The number of hydrogen-bond donors (Lipinski definition) is 0. The van der Waals surface area contributed by atoms with Gasteiger partial charge in [-0.3, -0.25) is 0 Å². The van der Waals surface area contributed by atoms with Gasteiger partial charge in [0.15, 0.2) is 0 Å². The van der Waals surface area contributed by atoms with Crippen molar-refractivity contribution < 1.29 is 4.43 Å². The van der Waals surface area contributed by atoms with Gasteiger partial charge in [0.2, 0.25) is 0 Å². The van der Waals surface area contributed by atoms with Crippen LogP contribution in [0.1, 0.15) is 13.8 Å². The van der Waals surface area contributed by atoms with Gasteiger partial charge in [0.1, 0.15) is 10.5 Å². The first-order valence-corrected chi connectivity index (χ1v) is 10.5. The summed E-state index contributed by atoms with van der Waals surface area (Å²) in [6, 6.07) is 0. The van der Waals surface area contributed by atoms with Gasteiger partial charge in [-0.05, 0) is 23.6 Å². The molecule has 56 valence electrons. The van der Waals surface area contributed by atoms with E-state index in [2.05, 4.69) is 17.9 Å². The topological polar surface area (TPSA) is 9.23 Å². The van der Waals surface area contributed by atoms with Crippen LogP contribution in [0.15, 0.2) is 11.8 Å². The summed E-state index contributed by atoms with van der Waals surface area (Å²) in [7, 11) is 2.60. The van der Waals surface area contributed by atoms with Crippen molar-refractivity contribution >= 4 is 29.3 Å². The highest BCUT2D eigenvalue weighted by Crippen LogP contribution is 1.72. The fraction of sp³-hybridized carbons (Fsp3) is 0.600.